The first-order valence-corrected chi connectivity index (χ1v) is 15.3. The van der Waals surface area contributed by atoms with Gasteiger partial charge < -0.3 is 5.32 Å². The molecule has 1 aliphatic heterocycles. The molecule has 3 aromatic rings. The minimum atomic E-state index is -3.57. The molecular weight excluding hydrogens is 531 g/mol. The third kappa shape index (κ3) is 7.60. The second kappa shape index (κ2) is 12.6. The lowest BCUT2D eigenvalue weighted by molar-refractivity contribution is -0.115. The van der Waals surface area contributed by atoms with Gasteiger partial charge in [0.1, 0.15) is 0 Å². The van der Waals surface area contributed by atoms with E-state index in [1.807, 2.05) is 31.2 Å². The van der Waals surface area contributed by atoms with Gasteiger partial charge in [0.2, 0.25) is 21.1 Å². The van der Waals surface area contributed by atoms with E-state index in [1.54, 1.807) is 0 Å². The molecule has 37 heavy (non-hydrogen) atoms. The van der Waals surface area contributed by atoms with Crippen LogP contribution in [0.4, 0.5) is 10.8 Å². The average molecular weight is 560 g/mol. The number of benzene rings is 2. The zero-order chi connectivity index (χ0) is 26.3. The summed E-state index contributed by atoms with van der Waals surface area (Å²) in [6.45, 7) is 3.04. The van der Waals surface area contributed by atoms with Crippen molar-refractivity contribution in [3.05, 3.63) is 59.7 Å². The summed E-state index contributed by atoms with van der Waals surface area (Å²) in [7, 11) is -3.57. The Hall–Kier alpha value is -2.80. The molecule has 2 heterocycles. The highest BCUT2D eigenvalue weighted by Crippen LogP contribution is 2.27. The van der Waals surface area contributed by atoms with E-state index in [0.717, 1.165) is 36.9 Å². The number of sulfonamides is 1. The average Bonchev–Trinajstić information content (AvgIpc) is 3.14. The maximum Gasteiger partial charge on any atom is 0.257 e. The third-order valence-corrected chi connectivity index (χ3v) is 9.72. The first-order valence-electron chi connectivity index (χ1n) is 12.1. The van der Waals surface area contributed by atoms with Crippen LogP contribution < -0.4 is 10.6 Å². The highest BCUT2D eigenvalue weighted by atomic mass is 32.2. The number of carbonyl (C=O) groups excluding carboxylic acids is 2. The normalized spacial score (nSPS) is 14.6. The Kier molecular flexibility index (Phi) is 9.30. The fraction of sp³-hybridized carbons (Fsp3) is 0.360. The number of aromatic nitrogens is 2. The number of hydrogen-bond acceptors (Lipinski definition) is 8. The zero-order valence-electron chi connectivity index (χ0n) is 20.5. The number of rotatable bonds is 9. The van der Waals surface area contributed by atoms with Crippen molar-refractivity contribution < 1.29 is 18.0 Å². The largest absolute Gasteiger partial charge is 0.326 e. The number of nitrogens with one attached hydrogen (secondary N) is 2. The van der Waals surface area contributed by atoms with Crippen LogP contribution in [0.3, 0.4) is 0 Å². The summed E-state index contributed by atoms with van der Waals surface area (Å²) >= 11 is 2.60. The van der Waals surface area contributed by atoms with E-state index in [4.69, 9.17) is 0 Å². The quantitative estimate of drug-likeness (QED) is 0.286. The highest BCUT2D eigenvalue weighted by Gasteiger charge is 2.25. The summed E-state index contributed by atoms with van der Waals surface area (Å²) < 4.78 is 28.0. The maximum absolute atomic E-state index is 12.9. The number of hydrogen-bond donors (Lipinski definition) is 2. The zero-order valence-corrected chi connectivity index (χ0v) is 22.9. The molecule has 0 bridgehead atoms. The van der Waals surface area contributed by atoms with E-state index >= 15 is 0 Å². The SMILES string of the molecule is Cc1ccc(NC(=O)CCSc2nnc(NC(=O)c3ccc(S(=O)(=O)N4CCCCCC4)cc3)s2)cc1. The van der Waals surface area contributed by atoms with Crippen molar-refractivity contribution in [3.8, 4) is 0 Å². The summed E-state index contributed by atoms with van der Waals surface area (Å²) in [5.74, 6) is 0.0346. The number of amides is 2. The van der Waals surface area contributed by atoms with Crippen LogP contribution in [0.1, 0.15) is 48.0 Å². The first-order chi connectivity index (χ1) is 17.8. The third-order valence-electron chi connectivity index (χ3n) is 5.84. The van der Waals surface area contributed by atoms with Crippen molar-refractivity contribution in [3.63, 3.8) is 0 Å². The predicted molar refractivity (Wildman–Crippen MR) is 147 cm³/mol. The van der Waals surface area contributed by atoms with E-state index in [9.17, 15) is 18.0 Å². The van der Waals surface area contributed by atoms with Gasteiger partial charge in [-0.3, -0.25) is 14.9 Å². The maximum atomic E-state index is 12.9. The van der Waals surface area contributed by atoms with Gasteiger partial charge in [-0.2, -0.15) is 4.31 Å². The van der Waals surface area contributed by atoms with Gasteiger partial charge in [-0.05, 0) is 56.2 Å². The number of anilines is 2. The smallest absolute Gasteiger partial charge is 0.257 e. The summed E-state index contributed by atoms with van der Waals surface area (Å²) in [4.78, 5) is 25.0. The molecule has 4 rings (SSSR count). The molecule has 0 spiro atoms. The lowest BCUT2D eigenvalue weighted by Crippen LogP contribution is -2.31. The van der Waals surface area contributed by atoms with Gasteiger partial charge in [-0.1, -0.05) is 53.6 Å². The van der Waals surface area contributed by atoms with Crippen LogP contribution in [-0.4, -0.2) is 53.6 Å². The molecule has 12 heteroatoms. The molecule has 1 saturated heterocycles. The number of carbonyl (C=O) groups is 2. The van der Waals surface area contributed by atoms with Crippen LogP contribution >= 0.6 is 23.1 Å². The van der Waals surface area contributed by atoms with Gasteiger partial charge in [0.25, 0.3) is 5.91 Å². The monoisotopic (exact) mass is 559 g/mol. The Morgan fingerprint density at radius 2 is 1.62 bits per heavy atom. The van der Waals surface area contributed by atoms with Gasteiger partial charge in [0.05, 0.1) is 4.90 Å². The molecule has 1 aromatic heterocycles. The molecule has 1 fully saturated rings. The summed E-state index contributed by atoms with van der Waals surface area (Å²) in [6, 6.07) is 13.6. The van der Waals surface area contributed by atoms with Gasteiger partial charge >= 0.3 is 0 Å². The Bertz CT molecular complexity index is 1320. The second-order valence-corrected chi connectivity index (χ2v) is 12.9. The van der Waals surface area contributed by atoms with Crippen LogP contribution in [0.15, 0.2) is 57.8 Å². The highest BCUT2D eigenvalue weighted by molar-refractivity contribution is 8.01. The lowest BCUT2D eigenvalue weighted by Gasteiger charge is -2.20. The molecule has 1 aliphatic rings. The van der Waals surface area contributed by atoms with Gasteiger partial charge in [-0.15, -0.1) is 10.2 Å². The Morgan fingerprint density at radius 1 is 0.946 bits per heavy atom. The molecule has 2 N–H and O–H groups in total. The summed E-state index contributed by atoms with van der Waals surface area (Å²) in [5, 5.41) is 13.9. The van der Waals surface area contributed by atoms with Crippen LogP contribution in [0.25, 0.3) is 0 Å². The van der Waals surface area contributed by atoms with E-state index in [2.05, 4.69) is 20.8 Å². The number of nitrogens with zero attached hydrogens (tertiary/aromatic N) is 3. The van der Waals surface area contributed by atoms with E-state index in [-0.39, 0.29) is 10.8 Å². The van der Waals surface area contributed by atoms with Crippen molar-refractivity contribution in [2.75, 3.05) is 29.5 Å². The van der Waals surface area contributed by atoms with E-state index < -0.39 is 15.9 Å². The first kappa shape index (κ1) is 27.2. The van der Waals surface area contributed by atoms with Gasteiger partial charge in [0.15, 0.2) is 4.34 Å². The Labute approximate surface area is 225 Å². The molecule has 0 aliphatic carbocycles. The van der Waals surface area contributed by atoms with E-state index in [0.29, 0.717) is 40.3 Å². The van der Waals surface area contributed by atoms with E-state index in [1.165, 1.54) is 51.7 Å². The summed E-state index contributed by atoms with van der Waals surface area (Å²) in [6.07, 6.45) is 4.12. The number of aryl methyl sites for hydroxylation is 1. The molecule has 0 unspecified atom stereocenters. The van der Waals surface area contributed by atoms with Crippen LogP contribution in [0, 0.1) is 6.92 Å². The van der Waals surface area contributed by atoms with Crippen LogP contribution in [-0.2, 0) is 14.8 Å². The van der Waals surface area contributed by atoms with Gasteiger partial charge in [0, 0.05) is 36.5 Å². The Morgan fingerprint density at radius 3 is 2.30 bits per heavy atom. The molecule has 0 radical (unpaired) electrons. The predicted octanol–water partition coefficient (Wildman–Crippen LogP) is 4.78. The lowest BCUT2D eigenvalue weighted by atomic mass is 10.2. The fourth-order valence-electron chi connectivity index (χ4n) is 3.79. The minimum absolute atomic E-state index is 0.0873. The van der Waals surface area contributed by atoms with Gasteiger partial charge in [-0.25, -0.2) is 8.42 Å². The topological polar surface area (TPSA) is 121 Å². The minimum Gasteiger partial charge on any atom is -0.326 e. The molecule has 196 valence electrons. The van der Waals surface area contributed by atoms with Crippen molar-refractivity contribution in [2.45, 2.75) is 48.3 Å². The van der Waals surface area contributed by atoms with Crippen molar-refractivity contribution >= 4 is 55.8 Å². The molecule has 0 atom stereocenters. The molecular formula is C25H29N5O4S3. The second-order valence-electron chi connectivity index (χ2n) is 8.68. The standard InChI is InChI=1S/C25H29N5O4S3/c1-18-6-10-20(11-7-18)26-22(31)14-17-35-25-29-28-24(36-25)27-23(32)19-8-12-21(13-9-19)37(33,34)30-15-4-2-3-5-16-30/h6-13H,2-5,14-17H2,1H3,(H,26,31)(H,27,28,32). The molecule has 0 saturated carbocycles. The van der Waals surface area contributed by atoms with Crippen molar-refractivity contribution in [1.82, 2.24) is 14.5 Å². The van der Waals surface area contributed by atoms with Crippen LogP contribution in [0.2, 0.25) is 0 Å². The Balaban J connectivity index is 1.26. The summed E-state index contributed by atoms with van der Waals surface area (Å²) in [5.41, 5.74) is 2.21. The molecule has 2 aromatic carbocycles. The van der Waals surface area contributed by atoms with Crippen molar-refractivity contribution in [2.24, 2.45) is 0 Å². The van der Waals surface area contributed by atoms with Crippen LogP contribution in [0.5, 0.6) is 0 Å². The number of thioether (sulfide) groups is 1. The molecule has 9 nitrogen and oxygen atoms in total. The van der Waals surface area contributed by atoms with Crippen molar-refractivity contribution in [1.29, 1.82) is 0 Å². The fourth-order valence-corrected chi connectivity index (χ4v) is 7.06. The molecule has 2 amide bonds.